The molecule has 2 N–H and O–H groups in total. The van der Waals surface area contributed by atoms with Gasteiger partial charge in [-0.3, -0.25) is 10.1 Å². The third-order valence-electron chi connectivity index (χ3n) is 2.63. The summed E-state index contributed by atoms with van der Waals surface area (Å²) in [6.07, 6.45) is 2.84. The Morgan fingerprint density at radius 3 is 2.81 bits per heavy atom. The Bertz CT molecular complexity index is 505. The summed E-state index contributed by atoms with van der Waals surface area (Å²) in [5, 5.41) is 22.5. The highest BCUT2D eigenvalue weighted by atomic mass is 16.6. The maximum absolute atomic E-state index is 11.1. The van der Waals surface area contributed by atoms with E-state index in [-0.39, 0.29) is 23.2 Å². The fourth-order valence-electron chi connectivity index (χ4n) is 1.61. The topological polar surface area (TPSA) is 115 Å². The van der Waals surface area contributed by atoms with Crippen molar-refractivity contribution in [3.8, 4) is 0 Å². The van der Waals surface area contributed by atoms with Crippen LogP contribution in [0.1, 0.15) is 37.0 Å². The maximum Gasteiger partial charge on any atom is 0.339 e. The number of anilines is 1. The third kappa shape index (κ3) is 5.74. The normalized spacial score (nSPS) is 10.6. The molecule has 1 heterocycles. The Morgan fingerprint density at radius 1 is 1.52 bits per heavy atom. The molecular weight excluding hydrogens is 278 g/mol. The van der Waals surface area contributed by atoms with Crippen LogP contribution in [0.2, 0.25) is 0 Å². The van der Waals surface area contributed by atoms with Crippen molar-refractivity contribution >= 4 is 17.5 Å². The second-order valence-electron chi connectivity index (χ2n) is 4.71. The second-order valence-corrected chi connectivity index (χ2v) is 4.71. The average molecular weight is 297 g/mol. The summed E-state index contributed by atoms with van der Waals surface area (Å²) < 4.78 is 5.39. The Labute approximate surface area is 122 Å². The van der Waals surface area contributed by atoms with E-state index >= 15 is 0 Å². The van der Waals surface area contributed by atoms with E-state index in [4.69, 9.17) is 9.84 Å². The highest BCUT2D eigenvalue weighted by Gasteiger charge is 2.17. The molecule has 0 saturated carbocycles. The molecule has 0 atom stereocenters. The summed E-state index contributed by atoms with van der Waals surface area (Å²) in [5.41, 5.74) is -0.550. The van der Waals surface area contributed by atoms with E-state index in [1.165, 1.54) is 0 Å². The summed E-state index contributed by atoms with van der Waals surface area (Å²) in [6.45, 7) is 5.07. The zero-order valence-electron chi connectivity index (χ0n) is 12.0. The van der Waals surface area contributed by atoms with Crippen molar-refractivity contribution in [3.05, 3.63) is 27.9 Å². The van der Waals surface area contributed by atoms with E-state index in [9.17, 15) is 14.9 Å². The molecule has 8 nitrogen and oxygen atoms in total. The van der Waals surface area contributed by atoms with Gasteiger partial charge in [0.1, 0.15) is 17.6 Å². The van der Waals surface area contributed by atoms with Crippen molar-refractivity contribution in [1.29, 1.82) is 0 Å². The molecule has 0 spiro atoms. The zero-order valence-corrected chi connectivity index (χ0v) is 12.0. The van der Waals surface area contributed by atoms with E-state index in [0.717, 1.165) is 25.1 Å². The fraction of sp³-hybridized carbons (Fsp3) is 0.538. The van der Waals surface area contributed by atoms with Crippen LogP contribution in [0.3, 0.4) is 0 Å². The van der Waals surface area contributed by atoms with E-state index in [1.807, 2.05) is 13.8 Å². The number of aromatic carboxylic acids is 1. The standard InChI is InChI=1S/C13H19N3O5/c1-9(2)21-6-4-3-5-14-12-11(13(17)18)7-10(8-15-12)16(19)20/h7-9H,3-6H2,1-2H3,(H,14,15)(H,17,18). The number of hydrogen-bond acceptors (Lipinski definition) is 6. The lowest BCUT2D eigenvalue weighted by atomic mass is 10.2. The van der Waals surface area contributed by atoms with Crippen LogP contribution < -0.4 is 5.32 Å². The number of ether oxygens (including phenoxy) is 1. The largest absolute Gasteiger partial charge is 0.478 e. The molecular formula is C13H19N3O5. The van der Waals surface area contributed by atoms with Gasteiger partial charge in [0, 0.05) is 19.2 Å². The third-order valence-corrected chi connectivity index (χ3v) is 2.63. The summed E-state index contributed by atoms with van der Waals surface area (Å²) in [7, 11) is 0. The van der Waals surface area contributed by atoms with Gasteiger partial charge in [-0.05, 0) is 26.7 Å². The monoisotopic (exact) mass is 297 g/mol. The van der Waals surface area contributed by atoms with Crippen molar-refractivity contribution in [2.24, 2.45) is 0 Å². The summed E-state index contributed by atoms with van der Waals surface area (Å²) in [6, 6.07) is 1.000. The number of hydrogen-bond donors (Lipinski definition) is 2. The Morgan fingerprint density at radius 2 is 2.24 bits per heavy atom. The molecule has 0 aliphatic carbocycles. The first-order chi connectivity index (χ1) is 9.91. The van der Waals surface area contributed by atoms with Gasteiger partial charge in [-0.1, -0.05) is 0 Å². The van der Waals surface area contributed by atoms with Gasteiger partial charge in [0.05, 0.1) is 11.0 Å². The molecule has 0 bridgehead atoms. The highest BCUT2D eigenvalue weighted by Crippen LogP contribution is 2.19. The lowest BCUT2D eigenvalue weighted by Gasteiger charge is -2.09. The van der Waals surface area contributed by atoms with E-state index < -0.39 is 10.9 Å². The van der Waals surface area contributed by atoms with E-state index in [2.05, 4.69) is 10.3 Å². The minimum atomic E-state index is -1.25. The maximum atomic E-state index is 11.1. The molecule has 21 heavy (non-hydrogen) atoms. The first-order valence-corrected chi connectivity index (χ1v) is 6.65. The molecule has 0 aliphatic heterocycles. The van der Waals surface area contributed by atoms with Crippen molar-refractivity contribution in [2.75, 3.05) is 18.5 Å². The second kappa shape index (κ2) is 8.15. The Balaban J connectivity index is 2.54. The van der Waals surface area contributed by atoms with Crippen LogP contribution in [0.5, 0.6) is 0 Å². The number of nitro groups is 1. The van der Waals surface area contributed by atoms with E-state index in [1.54, 1.807) is 0 Å². The van der Waals surface area contributed by atoms with Crippen molar-refractivity contribution < 1.29 is 19.6 Å². The summed E-state index contributed by atoms with van der Waals surface area (Å²) >= 11 is 0. The van der Waals surface area contributed by atoms with Gasteiger partial charge < -0.3 is 15.2 Å². The minimum Gasteiger partial charge on any atom is -0.478 e. The molecule has 0 aromatic carbocycles. The summed E-state index contributed by atoms with van der Waals surface area (Å²) in [5.74, 6) is -1.12. The number of unbranched alkanes of at least 4 members (excludes halogenated alkanes) is 1. The molecule has 0 unspecified atom stereocenters. The van der Waals surface area contributed by atoms with Gasteiger partial charge in [0.15, 0.2) is 0 Å². The van der Waals surface area contributed by atoms with Gasteiger partial charge in [0.25, 0.3) is 5.69 Å². The van der Waals surface area contributed by atoms with Crippen LogP contribution in [0.4, 0.5) is 11.5 Å². The number of carbonyl (C=O) groups is 1. The Hall–Kier alpha value is -2.22. The van der Waals surface area contributed by atoms with Crippen molar-refractivity contribution in [1.82, 2.24) is 4.98 Å². The van der Waals surface area contributed by atoms with Gasteiger partial charge in [0.2, 0.25) is 0 Å². The van der Waals surface area contributed by atoms with Gasteiger partial charge in [-0.2, -0.15) is 0 Å². The first kappa shape index (κ1) is 16.8. The molecule has 8 heteroatoms. The molecule has 0 saturated heterocycles. The number of rotatable bonds is 9. The quantitative estimate of drug-likeness (QED) is 0.408. The van der Waals surface area contributed by atoms with Gasteiger partial charge in [-0.25, -0.2) is 9.78 Å². The van der Waals surface area contributed by atoms with Crippen LogP contribution in [0.25, 0.3) is 0 Å². The van der Waals surface area contributed by atoms with Crippen LogP contribution in [0.15, 0.2) is 12.3 Å². The van der Waals surface area contributed by atoms with Crippen LogP contribution in [0, 0.1) is 10.1 Å². The molecule has 0 aliphatic rings. The summed E-state index contributed by atoms with van der Waals surface area (Å²) in [4.78, 5) is 24.8. The minimum absolute atomic E-state index is 0.137. The number of nitrogens with one attached hydrogen (secondary N) is 1. The van der Waals surface area contributed by atoms with Gasteiger partial charge >= 0.3 is 5.97 Å². The Kier molecular flexibility index (Phi) is 6.54. The van der Waals surface area contributed by atoms with Crippen LogP contribution in [-0.4, -0.2) is 40.2 Å². The van der Waals surface area contributed by atoms with Crippen molar-refractivity contribution in [3.63, 3.8) is 0 Å². The number of aromatic nitrogens is 1. The predicted octanol–water partition coefficient (Wildman–Crippen LogP) is 2.31. The fourth-order valence-corrected chi connectivity index (χ4v) is 1.61. The SMILES string of the molecule is CC(C)OCCCCNc1ncc([N+](=O)[O-])cc1C(=O)O. The zero-order chi connectivity index (χ0) is 15.8. The number of nitrogens with zero attached hydrogens (tertiary/aromatic N) is 2. The predicted molar refractivity (Wildman–Crippen MR) is 76.7 cm³/mol. The molecule has 1 aromatic rings. The van der Waals surface area contributed by atoms with Crippen molar-refractivity contribution in [2.45, 2.75) is 32.8 Å². The van der Waals surface area contributed by atoms with Crippen LogP contribution in [-0.2, 0) is 4.74 Å². The smallest absolute Gasteiger partial charge is 0.339 e. The lowest BCUT2D eigenvalue weighted by molar-refractivity contribution is -0.385. The molecule has 0 radical (unpaired) electrons. The molecule has 116 valence electrons. The average Bonchev–Trinajstić information content (AvgIpc) is 2.42. The number of carboxylic acid groups (broad SMARTS) is 1. The molecule has 1 aromatic heterocycles. The molecule has 0 amide bonds. The molecule has 0 fully saturated rings. The lowest BCUT2D eigenvalue weighted by Crippen LogP contribution is -2.11. The number of pyridine rings is 1. The van der Waals surface area contributed by atoms with Gasteiger partial charge in [-0.15, -0.1) is 0 Å². The van der Waals surface area contributed by atoms with Crippen LogP contribution >= 0.6 is 0 Å². The highest BCUT2D eigenvalue weighted by molar-refractivity contribution is 5.93. The first-order valence-electron chi connectivity index (χ1n) is 6.65. The van der Waals surface area contributed by atoms with E-state index in [0.29, 0.717) is 13.2 Å². The number of carboxylic acids is 1. The molecule has 1 rings (SSSR count).